The minimum absolute atomic E-state index is 0.421. The second kappa shape index (κ2) is 8.67. The first-order chi connectivity index (χ1) is 15.7. The van der Waals surface area contributed by atoms with Crippen LogP contribution in [0.3, 0.4) is 0 Å². The van der Waals surface area contributed by atoms with Crippen LogP contribution in [-0.2, 0) is 17.7 Å². The van der Waals surface area contributed by atoms with E-state index in [0.29, 0.717) is 5.82 Å². The van der Waals surface area contributed by atoms with E-state index in [1.807, 2.05) is 71.7 Å². The summed E-state index contributed by atoms with van der Waals surface area (Å²) in [7, 11) is 1.70. The molecular formula is C26H24N4O2. The largest absolute Gasteiger partial charge is 0.436 e. The Labute approximate surface area is 187 Å². The number of pyridine rings is 1. The Morgan fingerprint density at radius 3 is 2.41 bits per heavy atom. The molecule has 6 nitrogen and oxygen atoms in total. The number of ether oxygens (including phenoxy) is 1. The Hall–Kier alpha value is -3.93. The van der Waals surface area contributed by atoms with Crippen LogP contribution in [0.4, 0.5) is 10.6 Å². The van der Waals surface area contributed by atoms with Crippen molar-refractivity contribution >= 4 is 11.9 Å². The lowest BCUT2D eigenvalue weighted by Crippen LogP contribution is -2.29. The van der Waals surface area contributed by atoms with Crippen LogP contribution < -0.4 is 4.90 Å². The van der Waals surface area contributed by atoms with Gasteiger partial charge in [-0.3, -0.25) is 4.90 Å². The number of imidazole rings is 1. The van der Waals surface area contributed by atoms with Crippen molar-refractivity contribution in [2.24, 2.45) is 0 Å². The number of amides is 1. The topological polar surface area (TPSA) is 60.2 Å². The predicted octanol–water partition coefficient (Wildman–Crippen LogP) is 5.25. The van der Waals surface area contributed by atoms with Crippen LogP contribution in [0.5, 0.6) is 0 Å². The highest BCUT2D eigenvalue weighted by Crippen LogP contribution is 2.45. The molecule has 6 heteroatoms. The van der Waals surface area contributed by atoms with E-state index in [2.05, 4.69) is 22.1 Å². The van der Waals surface area contributed by atoms with Crippen LogP contribution >= 0.6 is 0 Å². The molecule has 4 aromatic rings. The highest BCUT2D eigenvalue weighted by atomic mass is 16.6. The van der Waals surface area contributed by atoms with Gasteiger partial charge in [-0.15, -0.1) is 0 Å². The van der Waals surface area contributed by atoms with Crippen LogP contribution in [0.25, 0.3) is 11.1 Å². The minimum Gasteiger partial charge on any atom is -0.436 e. The second-order valence-corrected chi connectivity index (χ2v) is 7.89. The number of fused-ring (bicyclic) bond motifs is 3. The van der Waals surface area contributed by atoms with E-state index in [1.54, 1.807) is 13.2 Å². The highest BCUT2D eigenvalue weighted by molar-refractivity contribution is 5.87. The molecule has 32 heavy (non-hydrogen) atoms. The van der Waals surface area contributed by atoms with Crippen molar-refractivity contribution < 1.29 is 9.53 Å². The summed E-state index contributed by atoms with van der Waals surface area (Å²) in [6.45, 7) is 0.879. The molecule has 0 unspecified atom stereocenters. The summed E-state index contributed by atoms with van der Waals surface area (Å²) >= 11 is 0. The number of aromatic nitrogens is 3. The van der Waals surface area contributed by atoms with Gasteiger partial charge in [-0.25, -0.2) is 14.8 Å². The van der Waals surface area contributed by atoms with E-state index in [-0.39, 0.29) is 0 Å². The summed E-state index contributed by atoms with van der Waals surface area (Å²) in [5.41, 5.74) is 5.19. The number of carbonyl (C=O) groups excluding carboxylic acids is 1. The molecule has 1 amide bonds. The molecule has 0 N–H and O–H groups in total. The zero-order valence-corrected chi connectivity index (χ0v) is 17.9. The van der Waals surface area contributed by atoms with Gasteiger partial charge in [0.1, 0.15) is 5.82 Å². The summed E-state index contributed by atoms with van der Waals surface area (Å²) in [6, 6.07) is 21.9. The Morgan fingerprint density at radius 2 is 1.72 bits per heavy atom. The summed E-state index contributed by atoms with van der Waals surface area (Å²) in [4.78, 5) is 23.3. The number of rotatable bonds is 6. The third-order valence-corrected chi connectivity index (χ3v) is 5.81. The number of nitrogens with zero attached hydrogens (tertiary/aromatic N) is 4. The van der Waals surface area contributed by atoms with Crippen LogP contribution in [0.15, 0.2) is 85.5 Å². The monoisotopic (exact) mass is 424 g/mol. The lowest BCUT2D eigenvalue weighted by atomic mass is 10.1. The molecule has 0 radical (unpaired) electrons. The van der Waals surface area contributed by atoms with Crippen molar-refractivity contribution in [3.05, 3.63) is 102 Å². The van der Waals surface area contributed by atoms with Gasteiger partial charge in [-0.05, 0) is 36.1 Å². The number of hydrogen-bond donors (Lipinski definition) is 0. The van der Waals surface area contributed by atoms with Crippen LogP contribution in [0.2, 0.25) is 0 Å². The van der Waals surface area contributed by atoms with E-state index < -0.39 is 12.2 Å². The maximum absolute atomic E-state index is 13.1. The van der Waals surface area contributed by atoms with Gasteiger partial charge in [0.25, 0.3) is 0 Å². The Balaban J connectivity index is 1.29. The van der Waals surface area contributed by atoms with Crippen LogP contribution in [0.1, 0.15) is 29.3 Å². The molecule has 2 aromatic carbocycles. The Morgan fingerprint density at radius 1 is 1.00 bits per heavy atom. The van der Waals surface area contributed by atoms with Crippen molar-refractivity contribution in [2.45, 2.75) is 25.5 Å². The number of carbonyl (C=O) groups is 1. The van der Waals surface area contributed by atoms with Gasteiger partial charge < -0.3 is 9.30 Å². The van der Waals surface area contributed by atoms with E-state index in [1.165, 1.54) is 4.90 Å². The molecule has 1 aliphatic rings. The first-order valence-corrected chi connectivity index (χ1v) is 10.7. The molecule has 0 atom stereocenters. The van der Waals surface area contributed by atoms with Gasteiger partial charge in [0.15, 0.2) is 6.10 Å². The summed E-state index contributed by atoms with van der Waals surface area (Å²) in [5, 5.41) is 0. The van der Waals surface area contributed by atoms with E-state index in [0.717, 1.165) is 47.3 Å². The zero-order valence-electron chi connectivity index (χ0n) is 17.9. The molecule has 2 aromatic heterocycles. The summed E-state index contributed by atoms with van der Waals surface area (Å²) < 4.78 is 8.03. The van der Waals surface area contributed by atoms with E-state index in [4.69, 9.17) is 4.74 Å². The van der Waals surface area contributed by atoms with Crippen molar-refractivity contribution in [2.75, 3.05) is 11.9 Å². The number of benzene rings is 2. The van der Waals surface area contributed by atoms with Gasteiger partial charge >= 0.3 is 6.09 Å². The zero-order chi connectivity index (χ0) is 21.9. The third-order valence-electron chi connectivity index (χ3n) is 5.81. The molecule has 0 bridgehead atoms. The molecular weight excluding hydrogens is 400 g/mol. The first-order valence-electron chi connectivity index (χ1n) is 10.7. The predicted molar refractivity (Wildman–Crippen MR) is 123 cm³/mol. The van der Waals surface area contributed by atoms with Crippen molar-refractivity contribution in [3.8, 4) is 11.1 Å². The molecule has 0 aliphatic heterocycles. The maximum Gasteiger partial charge on any atom is 0.416 e. The third kappa shape index (κ3) is 3.87. The van der Waals surface area contributed by atoms with Gasteiger partial charge in [0.05, 0.1) is 6.33 Å². The normalized spacial score (nSPS) is 12.3. The lowest BCUT2D eigenvalue weighted by Gasteiger charge is -2.21. The summed E-state index contributed by atoms with van der Waals surface area (Å²) in [6.07, 6.45) is 6.45. The molecule has 1 aliphatic carbocycles. The molecule has 2 heterocycles. The number of anilines is 1. The molecule has 0 saturated heterocycles. The number of aryl methyl sites for hydroxylation is 2. The molecule has 0 saturated carbocycles. The minimum atomic E-state index is -0.426. The SMILES string of the molecule is CN(C(=O)OC1c2ccccc2-c2ccccc21)c1cccc(CCCn2ccnc2)n1. The highest BCUT2D eigenvalue weighted by Gasteiger charge is 2.32. The first kappa shape index (κ1) is 20.0. The van der Waals surface area contributed by atoms with Gasteiger partial charge in [0.2, 0.25) is 0 Å². The molecule has 160 valence electrons. The Kier molecular flexibility index (Phi) is 5.42. The van der Waals surface area contributed by atoms with Crippen molar-refractivity contribution in [1.82, 2.24) is 14.5 Å². The van der Waals surface area contributed by atoms with E-state index >= 15 is 0 Å². The fraction of sp³-hybridized carbons (Fsp3) is 0.192. The van der Waals surface area contributed by atoms with Gasteiger partial charge in [-0.1, -0.05) is 54.6 Å². The van der Waals surface area contributed by atoms with Gasteiger partial charge in [0, 0.05) is 42.8 Å². The van der Waals surface area contributed by atoms with Crippen molar-refractivity contribution in [3.63, 3.8) is 0 Å². The van der Waals surface area contributed by atoms with Crippen LogP contribution in [-0.4, -0.2) is 27.7 Å². The smallest absolute Gasteiger partial charge is 0.416 e. The quantitative estimate of drug-likeness (QED) is 0.424. The number of hydrogen-bond acceptors (Lipinski definition) is 4. The average molecular weight is 425 g/mol. The molecule has 5 rings (SSSR count). The summed E-state index contributed by atoms with van der Waals surface area (Å²) in [5.74, 6) is 0.578. The molecule has 0 fully saturated rings. The van der Waals surface area contributed by atoms with E-state index in [9.17, 15) is 4.79 Å². The standard InChI is InChI=1S/C26H24N4O2/c1-29(24-14-6-8-19(28-24)9-7-16-30-17-15-27-18-30)26(31)32-25-22-12-4-2-10-20(22)21-11-3-5-13-23(21)25/h2-6,8,10-15,17-18,25H,7,9,16H2,1H3. The van der Waals surface area contributed by atoms with Crippen LogP contribution in [0, 0.1) is 0 Å². The van der Waals surface area contributed by atoms with Gasteiger partial charge in [-0.2, -0.15) is 0 Å². The van der Waals surface area contributed by atoms with Crippen molar-refractivity contribution in [1.29, 1.82) is 0 Å². The fourth-order valence-corrected chi connectivity index (χ4v) is 4.16. The lowest BCUT2D eigenvalue weighted by molar-refractivity contribution is 0.126. The second-order valence-electron chi connectivity index (χ2n) is 7.89. The fourth-order valence-electron chi connectivity index (χ4n) is 4.16. The Bertz CT molecular complexity index is 1190. The molecule has 0 spiro atoms. The maximum atomic E-state index is 13.1. The average Bonchev–Trinajstić information content (AvgIpc) is 3.46.